The fourth-order valence-corrected chi connectivity index (χ4v) is 5.63. The molecule has 2 unspecified atom stereocenters. The molecule has 0 aliphatic carbocycles. The van der Waals surface area contributed by atoms with Gasteiger partial charge < -0.3 is 30.3 Å². The molecule has 0 spiro atoms. The molecule has 2 aliphatic heterocycles. The van der Waals surface area contributed by atoms with Crippen molar-refractivity contribution in [2.45, 2.75) is 44.2 Å². The molecule has 230 valence electrons. The van der Waals surface area contributed by atoms with E-state index in [9.17, 15) is 24.3 Å². The summed E-state index contributed by atoms with van der Waals surface area (Å²) in [5, 5.41) is 15.3. The van der Waals surface area contributed by atoms with Gasteiger partial charge in [0, 0.05) is 50.7 Å². The highest BCUT2D eigenvalue weighted by Gasteiger charge is 2.30. The van der Waals surface area contributed by atoms with Crippen LogP contribution in [0.5, 0.6) is 0 Å². The maximum absolute atomic E-state index is 13.4. The molecule has 2 aromatic carbocycles. The summed E-state index contributed by atoms with van der Waals surface area (Å²) in [7, 11) is 0. The zero-order valence-electron chi connectivity index (χ0n) is 24.5. The van der Waals surface area contributed by atoms with Gasteiger partial charge in [-0.3, -0.25) is 24.2 Å². The van der Waals surface area contributed by atoms with E-state index < -0.39 is 17.9 Å². The summed E-state index contributed by atoms with van der Waals surface area (Å²) in [6.07, 6.45) is 4.94. The van der Waals surface area contributed by atoms with E-state index in [1.54, 1.807) is 36.5 Å². The Morgan fingerprint density at radius 2 is 1.82 bits per heavy atom. The number of hydrogen-bond donors (Lipinski definition) is 3. The van der Waals surface area contributed by atoms with Crippen LogP contribution in [0, 0.1) is 0 Å². The minimum Gasteiger partial charge on any atom is -0.481 e. The van der Waals surface area contributed by atoms with Crippen LogP contribution in [-0.4, -0.2) is 77.6 Å². The number of aromatic nitrogens is 1. The average Bonchev–Trinajstić information content (AvgIpc) is 3.46. The molecule has 3 heterocycles. The molecule has 5 rings (SSSR count). The molecule has 2 aliphatic rings. The molecule has 2 fully saturated rings. The predicted molar refractivity (Wildman–Crippen MR) is 164 cm³/mol. The lowest BCUT2D eigenvalue weighted by molar-refractivity contribution is -0.140. The Morgan fingerprint density at radius 1 is 0.977 bits per heavy atom. The van der Waals surface area contributed by atoms with E-state index in [0.717, 1.165) is 30.5 Å². The summed E-state index contributed by atoms with van der Waals surface area (Å²) >= 11 is 0. The monoisotopic (exact) mass is 599 g/mol. The lowest BCUT2D eigenvalue weighted by Crippen LogP contribution is -2.41. The quantitative estimate of drug-likeness (QED) is 0.322. The van der Waals surface area contributed by atoms with Crippen molar-refractivity contribution in [3.05, 3.63) is 89.7 Å². The third-order valence-electron chi connectivity index (χ3n) is 7.86. The fraction of sp³-hybridized carbons (Fsp3) is 0.364. The van der Waals surface area contributed by atoms with Crippen LogP contribution in [0.1, 0.15) is 53.2 Å². The molecule has 0 saturated carbocycles. The number of amides is 3. The molecular weight excluding hydrogens is 562 g/mol. The first kappa shape index (κ1) is 30.7. The second-order valence-corrected chi connectivity index (χ2v) is 11.0. The SMILES string of the molecule is O=C(O)CC(NC(=O)c1ccc(N2CCCN(C(=O)C3CCCO3)CC2)c(NC(=O)Cc2ccccc2)c1)c1cccnc1. The number of pyridine rings is 1. The molecule has 11 heteroatoms. The zero-order valence-corrected chi connectivity index (χ0v) is 24.5. The highest BCUT2D eigenvalue weighted by atomic mass is 16.5. The first-order valence-electron chi connectivity index (χ1n) is 14.9. The summed E-state index contributed by atoms with van der Waals surface area (Å²) in [5.41, 5.74) is 2.90. The molecule has 1 aromatic heterocycles. The van der Waals surface area contributed by atoms with Crippen LogP contribution in [0.15, 0.2) is 73.1 Å². The molecule has 0 bridgehead atoms. The Morgan fingerprint density at radius 3 is 2.55 bits per heavy atom. The van der Waals surface area contributed by atoms with Crippen LogP contribution in [0.25, 0.3) is 0 Å². The highest BCUT2D eigenvalue weighted by Crippen LogP contribution is 2.30. The Kier molecular flexibility index (Phi) is 10.2. The molecule has 2 atom stereocenters. The maximum atomic E-state index is 13.4. The molecular formula is C33H37N5O6. The third-order valence-corrected chi connectivity index (χ3v) is 7.86. The standard InChI is InChI=1S/C33H37N5O6/c39-30(19-23-7-2-1-3-8-23)35-27-20-24(32(42)36-26(21-31(40)41)25-9-4-13-34-22-25)11-12-28(27)37-14-6-15-38(17-16-37)33(43)29-10-5-18-44-29/h1-4,7-9,11-13,20,22,26,29H,5-6,10,14-19,21H2,(H,35,39)(H,36,42)(H,40,41). The topological polar surface area (TPSA) is 141 Å². The number of benzene rings is 2. The van der Waals surface area contributed by atoms with Gasteiger partial charge in [-0.05, 0) is 54.7 Å². The summed E-state index contributed by atoms with van der Waals surface area (Å²) < 4.78 is 5.62. The third kappa shape index (κ3) is 7.99. The van der Waals surface area contributed by atoms with Crippen molar-refractivity contribution < 1.29 is 29.0 Å². The van der Waals surface area contributed by atoms with Crippen LogP contribution in [0.3, 0.4) is 0 Å². The summed E-state index contributed by atoms with van der Waals surface area (Å²) in [6.45, 7) is 2.95. The van der Waals surface area contributed by atoms with Gasteiger partial charge in [0.1, 0.15) is 6.10 Å². The Labute approximate surface area is 256 Å². The van der Waals surface area contributed by atoms with E-state index in [4.69, 9.17) is 4.74 Å². The first-order valence-corrected chi connectivity index (χ1v) is 14.9. The molecule has 3 amide bonds. The number of carboxylic acid groups (broad SMARTS) is 1. The lowest BCUT2D eigenvalue weighted by atomic mass is 10.0. The van der Waals surface area contributed by atoms with Gasteiger partial charge in [0.05, 0.1) is 30.3 Å². The van der Waals surface area contributed by atoms with Crippen molar-refractivity contribution >= 4 is 35.1 Å². The van der Waals surface area contributed by atoms with Crippen molar-refractivity contribution in [3.8, 4) is 0 Å². The van der Waals surface area contributed by atoms with Crippen LogP contribution in [0.2, 0.25) is 0 Å². The number of nitrogens with zero attached hydrogens (tertiary/aromatic N) is 3. The van der Waals surface area contributed by atoms with Crippen LogP contribution < -0.4 is 15.5 Å². The minimum atomic E-state index is -1.06. The first-order chi connectivity index (χ1) is 21.4. The van der Waals surface area contributed by atoms with E-state index in [2.05, 4.69) is 20.5 Å². The number of carboxylic acids is 1. The lowest BCUT2D eigenvalue weighted by Gasteiger charge is -2.27. The summed E-state index contributed by atoms with van der Waals surface area (Å²) in [6, 6.07) is 17.1. The van der Waals surface area contributed by atoms with Gasteiger partial charge in [0.2, 0.25) is 5.91 Å². The van der Waals surface area contributed by atoms with E-state index in [1.807, 2.05) is 35.2 Å². The van der Waals surface area contributed by atoms with Gasteiger partial charge in [-0.25, -0.2) is 0 Å². The number of ether oxygens (including phenoxy) is 1. The molecule has 44 heavy (non-hydrogen) atoms. The Bertz CT molecular complexity index is 1460. The van der Waals surface area contributed by atoms with E-state index >= 15 is 0 Å². The van der Waals surface area contributed by atoms with Gasteiger partial charge in [-0.2, -0.15) is 0 Å². The molecule has 2 saturated heterocycles. The average molecular weight is 600 g/mol. The van der Waals surface area contributed by atoms with E-state index in [1.165, 1.54) is 6.20 Å². The number of nitrogens with one attached hydrogen (secondary N) is 2. The Balaban J connectivity index is 1.37. The largest absolute Gasteiger partial charge is 0.481 e. The van der Waals surface area contributed by atoms with Crippen molar-refractivity contribution in [3.63, 3.8) is 0 Å². The fourth-order valence-electron chi connectivity index (χ4n) is 5.63. The predicted octanol–water partition coefficient (Wildman–Crippen LogP) is 3.43. The Hall–Kier alpha value is -4.77. The number of carbonyl (C=O) groups is 4. The second-order valence-electron chi connectivity index (χ2n) is 11.0. The van der Waals surface area contributed by atoms with Gasteiger partial charge in [-0.15, -0.1) is 0 Å². The minimum absolute atomic E-state index is 0.0253. The van der Waals surface area contributed by atoms with E-state index in [-0.39, 0.29) is 36.3 Å². The second kappa shape index (κ2) is 14.6. The molecule has 3 aromatic rings. The molecule has 0 radical (unpaired) electrons. The van der Waals surface area contributed by atoms with Crippen molar-refractivity contribution in [1.29, 1.82) is 0 Å². The van der Waals surface area contributed by atoms with Crippen molar-refractivity contribution in [2.75, 3.05) is 43.0 Å². The number of carbonyl (C=O) groups excluding carboxylic acids is 3. The highest BCUT2D eigenvalue weighted by molar-refractivity contribution is 6.00. The summed E-state index contributed by atoms with van der Waals surface area (Å²) in [5.74, 6) is -1.75. The normalized spacial score (nSPS) is 17.4. The van der Waals surface area contributed by atoms with Gasteiger partial charge in [0.25, 0.3) is 11.8 Å². The van der Waals surface area contributed by atoms with Gasteiger partial charge >= 0.3 is 5.97 Å². The molecule has 3 N–H and O–H groups in total. The van der Waals surface area contributed by atoms with Gasteiger partial charge in [0.15, 0.2) is 0 Å². The number of hydrogen-bond acceptors (Lipinski definition) is 7. The van der Waals surface area contributed by atoms with Crippen LogP contribution >= 0.6 is 0 Å². The van der Waals surface area contributed by atoms with Crippen molar-refractivity contribution in [1.82, 2.24) is 15.2 Å². The molecule has 11 nitrogen and oxygen atoms in total. The van der Waals surface area contributed by atoms with Crippen molar-refractivity contribution in [2.24, 2.45) is 0 Å². The number of anilines is 2. The van der Waals surface area contributed by atoms with Crippen LogP contribution in [-0.2, 0) is 25.5 Å². The van der Waals surface area contributed by atoms with Crippen LogP contribution in [0.4, 0.5) is 11.4 Å². The van der Waals surface area contributed by atoms with Gasteiger partial charge in [-0.1, -0.05) is 36.4 Å². The maximum Gasteiger partial charge on any atom is 0.305 e. The smallest absolute Gasteiger partial charge is 0.305 e. The zero-order chi connectivity index (χ0) is 30.9. The number of aliphatic carboxylic acids is 1. The summed E-state index contributed by atoms with van der Waals surface area (Å²) in [4.78, 5) is 59.2. The number of rotatable bonds is 10. The van der Waals surface area contributed by atoms with E-state index in [0.29, 0.717) is 44.0 Å².